The summed E-state index contributed by atoms with van der Waals surface area (Å²) in [6.45, 7) is 11.9. The maximum atomic E-state index is 13.4. The Morgan fingerprint density at radius 2 is 1.72 bits per heavy atom. The molecule has 5 rings (SSSR count). The molecule has 1 saturated heterocycles. The van der Waals surface area contributed by atoms with Gasteiger partial charge in [0.25, 0.3) is 5.78 Å². The lowest BCUT2D eigenvalue weighted by atomic mass is 9.85. The number of aryl methyl sites for hydroxylation is 3. The first-order chi connectivity index (χ1) is 17.0. The van der Waals surface area contributed by atoms with Crippen LogP contribution in [0, 0.1) is 20.8 Å². The summed E-state index contributed by atoms with van der Waals surface area (Å²) in [5.41, 5.74) is 4.27. The van der Waals surface area contributed by atoms with E-state index in [0.717, 1.165) is 11.1 Å². The number of amides is 1. The monoisotopic (exact) mass is 501 g/mol. The number of carbonyl (C=O) groups excluding carboxylic acids is 2. The zero-order valence-corrected chi connectivity index (χ0v) is 21.8. The van der Waals surface area contributed by atoms with Gasteiger partial charge < -0.3 is 9.51 Å². The number of carbonyl (C=O) groups is 2. The number of rotatable bonds is 3. The van der Waals surface area contributed by atoms with E-state index in [1.807, 2.05) is 60.8 Å². The third kappa shape index (κ3) is 3.71. The number of hydrogen-bond donors (Lipinski definition) is 1. The van der Waals surface area contributed by atoms with Crippen molar-refractivity contribution in [1.82, 2.24) is 19.6 Å². The van der Waals surface area contributed by atoms with E-state index in [1.54, 1.807) is 6.92 Å². The second-order valence-electron chi connectivity index (χ2n) is 10.1. The van der Waals surface area contributed by atoms with Gasteiger partial charge in [0.1, 0.15) is 16.3 Å². The highest BCUT2D eigenvalue weighted by molar-refractivity contribution is 7.15. The topological polar surface area (TPSA) is 101 Å². The van der Waals surface area contributed by atoms with E-state index >= 15 is 0 Å². The molecule has 1 aliphatic rings. The smallest absolute Gasteiger partial charge is 0.301 e. The number of Topliss-reactive ketones (excluding diaryl/α,β-unsaturated/α-hetero) is 1. The van der Waals surface area contributed by atoms with Gasteiger partial charge in [0.15, 0.2) is 5.76 Å². The summed E-state index contributed by atoms with van der Waals surface area (Å²) in [7, 11) is 0. The molecule has 0 spiro atoms. The van der Waals surface area contributed by atoms with Crippen molar-refractivity contribution in [3.8, 4) is 0 Å². The van der Waals surface area contributed by atoms with Crippen LogP contribution in [0.3, 0.4) is 0 Å². The molecule has 36 heavy (non-hydrogen) atoms. The van der Waals surface area contributed by atoms with Crippen LogP contribution in [-0.4, -0.2) is 36.4 Å². The van der Waals surface area contributed by atoms with E-state index in [9.17, 15) is 14.7 Å². The molecule has 0 aliphatic carbocycles. The molecular formula is C27H27N5O3S. The first-order valence-corrected chi connectivity index (χ1v) is 12.5. The molecule has 4 aromatic rings. The van der Waals surface area contributed by atoms with Crippen molar-refractivity contribution in [2.24, 2.45) is 0 Å². The van der Waals surface area contributed by atoms with Gasteiger partial charge in [0.2, 0.25) is 5.13 Å². The summed E-state index contributed by atoms with van der Waals surface area (Å²) in [5.74, 6) is -1.84. The van der Waals surface area contributed by atoms with Crippen molar-refractivity contribution < 1.29 is 14.7 Å². The zero-order valence-electron chi connectivity index (χ0n) is 21.0. The number of benzene rings is 1. The molecule has 1 N–H and O–H groups in total. The van der Waals surface area contributed by atoms with E-state index in [2.05, 4.69) is 36.0 Å². The van der Waals surface area contributed by atoms with Gasteiger partial charge in [-0.3, -0.25) is 14.5 Å². The number of anilines is 1. The molecule has 0 saturated carbocycles. The molecule has 1 amide bonds. The molecule has 0 bridgehead atoms. The van der Waals surface area contributed by atoms with Gasteiger partial charge >= 0.3 is 5.91 Å². The van der Waals surface area contributed by atoms with Crippen molar-refractivity contribution in [3.63, 3.8) is 0 Å². The molecule has 3 aromatic heterocycles. The molecule has 9 heteroatoms. The lowest BCUT2D eigenvalue weighted by Gasteiger charge is -2.24. The molecule has 1 aromatic carbocycles. The maximum absolute atomic E-state index is 13.4. The fraction of sp³-hybridized carbons (Fsp3) is 0.296. The van der Waals surface area contributed by atoms with Crippen LogP contribution in [0.5, 0.6) is 0 Å². The number of aliphatic hydroxyl groups is 1. The summed E-state index contributed by atoms with van der Waals surface area (Å²) >= 11 is 1.22. The Balaban J connectivity index is 1.74. The molecule has 1 fully saturated rings. The van der Waals surface area contributed by atoms with Gasteiger partial charge in [0.05, 0.1) is 17.3 Å². The number of imidazole rings is 1. The standard InChI is InChI=1S/C27H27N5O3S/c1-14-8-7-13-31-15(2)20(28-24(14)31)22(33)19-21(17-9-11-18(12-10-17)27(4,5)6)32(25(35)23(19)34)26-30-29-16(3)36-26/h7-13,21,33H,1-6H3. The van der Waals surface area contributed by atoms with Crippen molar-refractivity contribution in [1.29, 1.82) is 0 Å². The van der Waals surface area contributed by atoms with Crippen LogP contribution in [0.1, 0.15) is 59.9 Å². The van der Waals surface area contributed by atoms with Crippen LogP contribution < -0.4 is 4.90 Å². The quantitative estimate of drug-likeness (QED) is 0.240. The molecule has 1 aliphatic heterocycles. The second-order valence-corrected chi connectivity index (χ2v) is 11.2. The van der Waals surface area contributed by atoms with E-state index in [4.69, 9.17) is 0 Å². The highest BCUT2D eigenvalue weighted by Gasteiger charge is 2.48. The molecule has 184 valence electrons. The van der Waals surface area contributed by atoms with Crippen LogP contribution >= 0.6 is 11.3 Å². The van der Waals surface area contributed by atoms with Crippen molar-refractivity contribution in [2.75, 3.05) is 4.90 Å². The number of aliphatic hydroxyl groups excluding tert-OH is 1. The fourth-order valence-corrected chi connectivity index (χ4v) is 5.28. The van der Waals surface area contributed by atoms with E-state index in [1.165, 1.54) is 16.2 Å². The average Bonchev–Trinajstić information content (AvgIpc) is 3.48. The molecule has 8 nitrogen and oxygen atoms in total. The van der Waals surface area contributed by atoms with Crippen LogP contribution in [-0.2, 0) is 15.0 Å². The number of fused-ring (bicyclic) bond motifs is 1. The van der Waals surface area contributed by atoms with Crippen molar-refractivity contribution in [2.45, 2.75) is 53.0 Å². The van der Waals surface area contributed by atoms with E-state index < -0.39 is 17.7 Å². The SMILES string of the molecule is Cc1nnc(N2C(=O)C(=O)C(=C(O)c3nc4c(C)cccn4c3C)C2c2ccc(C(C)(C)C)cc2)s1. The molecule has 1 unspecified atom stereocenters. The van der Waals surface area contributed by atoms with Gasteiger partial charge in [-0.15, -0.1) is 10.2 Å². The van der Waals surface area contributed by atoms with Crippen LogP contribution in [0.25, 0.3) is 11.4 Å². The minimum atomic E-state index is -0.864. The lowest BCUT2D eigenvalue weighted by molar-refractivity contribution is -0.132. The van der Waals surface area contributed by atoms with Gasteiger partial charge in [0, 0.05) is 6.20 Å². The highest BCUT2D eigenvalue weighted by atomic mass is 32.1. The molecule has 4 heterocycles. The molecular weight excluding hydrogens is 474 g/mol. The predicted octanol–water partition coefficient (Wildman–Crippen LogP) is 5.03. The van der Waals surface area contributed by atoms with Crippen LogP contribution in [0.15, 0.2) is 48.2 Å². The van der Waals surface area contributed by atoms with Crippen molar-refractivity contribution >= 4 is 39.6 Å². The largest absolute Gasteiger partial charge is 0.505 e. The Labute approximate surface area is 212 Å². The number of pyridine rings is 1. The first kappa shape index (κ1) is 23.9. The average molecular weight is 502 g/mol. The number of nitrogens with zero attached hydrogens (tertiary/aromatic N) is 5. The van der Waals surface area contributed by atoms with Gasteiger partial charge in [-0.25, -0.2) is 4.98 Å². The molecule has 0 radical (unpaired) electrons. The van der Waals surface area contributed by atoms with Gasteiger partial charge in [-0.2, -0.15) is 0 Å². The van der Waals surface area contributed by atoms with E-state index in [-0.39, 0.29) is 22.4 Å². The first-order valence-electron chi connectivity index (χ1n) is 11.6. The summed E-state index contributed by atoms with van der Waals surface area (Å²) in [5, 5.41) is 20.7. The Morgan fingerprint density at radius 3 is 2.31 bits per heavy atom. The third-order valence-corrected chi connectivity index (χ3v) is 7.40. The number of hydrogen-bond acceptors (Lipinski definition) is 7. The van der Waals surface area contributed by atoms with Crippen molar-refractivity contribution in [3.05, 3.63) is 81.3 Å². The maximum Gasteiger partial charge on any atom is 0.301 e. The highest BCUT2D eigenvalue weighted by Crippen LogP contribution is 2.43. The van der Waals surface area contributed by atoms with E-state index in [0.29, 0.717) is 27.0 Å². The predicted molar refractivity (Wildman–Crippen MR) is 139 cm³/mol. The summed E-state index contributed by atoms with van der Waals surface area (Å²) < 4.78 is 1.86. The number of aromatic nitrogens is 4. The summed E-state index contributed by atoms with van der Waals surface area (Å²) in [6, 6.07) is 10.7. The Morgan fingerprint density at radius 1 is 1.03 bits per heavy atom. The Kier molecular flexibility index (Phi) is 5.55. The molecule has 1 atom stereocenters. The minimum Gasteiger partial charge on any atom is -0.505 e. The third-order valence-electron chi connectivity index (χ3n) is 6.57. The Hall–Kier alpha value is -3.85. The normalized spacial score (nSPS) is 17.9. The zero-order chi connectivity index (χ0) is 25.9. The van der Waals surface area contributed by atoms with Crippen LogP contribution in [0.4, 0.5) is 5.13 Å². The lowest BCUT2D eigenvalue weighted by Crippen LogP contribution is -2.29. The fourth-order valence-electron chi connectivity index (χ4n) is 4.57. The second kappa shape index (κ2) is 8.37. The van der Waals surface area contributed by atoms with Gasteiger partial charge in [-0.05, 0) is 48.9 Å². The Bertz CT molecular complexity index is 1560. The summed E-state index contributed by atoms with van der Waals surface area (Å²) in [4.78, 5) is 32.7. The summed E-state index contributed by atoms with van der Waals surface area (Å²) in [6.07, 6.45) is 1.85. The minimum absolute atomic E-state index is 0.0134. The number of ketones is 1. The van der Waals surface area contributed by atoms with Crippen LogP contribution in [0.2, 0.25) is 0 Å². The van der Waals surface area contributed by atoms with Gasteiger partial charge in [-0.1, -0.05) is 62.4 Å².